The van der Waals surface area contributed by atoms with Crippen LogP contribution < -0.4 is 0 Å². The minimum Gasteiger partial charge on any atom is -0.505 e. The van der Waals surface area contributed by atoms with Crippen LogP contribution in [0.1, 0.15) is 23.2 Å². The minimum atomic E-state index is -2.70. The molecule has 0 aliphatic rings. The van der Waals surface area contributed by atoms with Crippen LogP contribution in [-0.2, 0) is 5.88 Å². The molecule has 5 heteroatoms. The Labute approximate surface area is 79.2 Å². The normalized spacial score (nSPS) is 10.8. The van der Waals surface area contributed by atoms with Gasteiger partial charge < -0.3 is 5.11 Å². The lowest BCUT2D eigenvalue weighted by atomic mass is 10.1. The summed E-state index contributed by atoms with van der Waals surface area (Å²) in [7, 11) is 0. The van der Waals surface area contributed by atoms with E-state index in [9.17, 15) is 13.9 Å². The van der Waals surface area contributed by atoms with Gasteiger partial charge in [-0.3, -0.25) is 4.98 Å². The van der Waals surface area contributed by atoms with Crippen molar-refractivity contribution in [3.63, 3.8) is 0 Å². The molecule has 1 N–H and O–H groups in total. The molecule has 0 aliphatic carbocycles. The molecule has 0 radical (unpaired) electrons. The van der Waals surface area contributed by atoms with Crippen molar-refractivity contribution in [2.24, 2.45) is 0 Å². The third-order valence-corrected chi connectivity index (χ3v) is 1.97. The number of pyridine rings is 1. The maximum absolute atomic E-state index is 12.4. The molecule has 0 aromatic carbocycles. The monoisotopic (exact) mass is 207 g/mol. The maximum Gasteiger partial charge on any atom is 0.267 e. The Hall–Kier alpha value is -0.900. The fraction of sp³-hybridized carbons (Fsp3) is 0.375. The first kappa shape index (κ1) is 10.2. The minimum absolute atomic E-state index is 0.0775. The average Bonchev–Trinajstić information content (AvgIpc) is 2.04. The van der Waals surface area contributed by atoms with E-state index < -0.39 is 12.2 Å². The molecule has 0 aliphatic heterocycles. The highest BCUT2D eigenvalue weighted by molar-refractivity contribution is 6.17. The standard InChI is InChI=1S/C8H8ClF2NO/c1-4-3-12-5(2-9)7(13)6(4)8(10)11/h3,8,13H,2H2,1H3. The van der Waals surface area contributed by atoms with E-state index in [1.165, 1.54) is 13.1 Å². The van der Waals surface area contributed by atoms with Gasteiger partial charge in [0, 0.05) is 6.20 Å². The first-order valence-corrected chi connectivity index (χ1v) is 4.12. The van der Waals surface area contributed by atoms with Crippen LogP contribution in [0.15, 0.2) is 6.20 Å². The quantitative estimate of drug-likeness (QED) is 0.757. The number of rotatable bonds is 2. The molecule has 2 nitrogen and oxygen atoms in total. The lowest BCUT2D eigenvalue weighted by molar-refractivity contribution is 0.146. The van der Waals surface area contributed by atoms with Gasteiger partial charge in [0.15, 0.2) is 0 Å². The van der Waals surface area contributed by atoms with Crippen molar-refractivity contribution >= 4 is 11.6 Å². The lowest BCUT2D eigenvalue weighted by Gasteiger charge is -2.09. The van der Waals surface area contributed by atoms with E-state index in [0.717, 1.165) is 0 Å². The summed E-state index contributed by atoms with van der Waals surface area (Å²) >= 11 is 5.39. The second-order valence-electron chi connectivity index (χ2n) is 2.58. The second kappa shape index (κ2) is 3.87. The van der Waals surface area contributed by atoms with Crippen LogP contribution in [0.4, 0.5) is 8.78 Å². The van der Waals surface area contributed by atoms with Crippen molar-refractivity contribution in [1.82, 2.24) is 4.98 Å². The maximum atomic E-state index is 12.4. The smallest absolute Gasteiger partial charge is 0.267 e. The van der Waals surface area contributed by atoms with Gasteiger partial charge in [-0.15, -0.1) is 11.6 Å². The van der Waals surface area contributed by atoms with Gasteiger partial charge in [0.05, 0.1) is 17.1 Å². The molecule has 1 aromatic heterocycles. The van der Waals surface area contributed by atoms with E-state index in [1.54, 1.807) is 0 Å². The number of nitrogens with zero attached hydrogens (tertiary/aromatic N) is 1. The third kappa shape index (κ3) is 1.88. The first-order valence-electron chi connectivity index (χ1n) is 3.59. The molecular weight excluding hydrogens is 200 g/mol. The molecule has 1 rings (SSSR count). The Morgan fingerprint density at radius 1 is 1.62 bits per heavy atom. The zero-order chi connectivity index (χ0) is 10.0. The molecule has 0 saturated heterocycles. The lowest BCUT2D eigenvalue weighted by Crippen LogP contribution is -1.96. The number of aromatic hydroxyl groups is 1. The first-order chi connectivity index (χ1) is 6.07. The Morgan fingerprint density at radius 3 is 2.69 bits per heavy atom. The third-order valence-electron chi connectivity index (χ3n) is 1.71. The van der Waals surface area contributed by atoms with Crippen LogP contribution in [0.5, 0.6) is 5.75 Å². The molecule has 1 aromatic rings. The van der Waals surface area contributed by atoms with Gasteiger partial charge in [-0.1, -0.05) is 0 Å². The van der Waals surface area contributed by atoms with Crippen molar-refractivity contribution in [3.05, 3.63) is 23.0 Å². The fourth-order valence-electron chi connectivity index (χ4n) is 1.02. The van der Waals surface area contributed by atoms with E-state index in [0.29, 0.717) is 0 Å². The van der Waals surface area contributed by atoms with Gasteiger partial charge in [0.2, 0.25) is 0 Å². The molecule has 0 saturated carbocycles. The number of aromatic nitrogens is 1. The average molecular weight is 208 g/mol. The van der Waals surface area contributed by atoms with Gasteiger partial charge in [-0.25, -0.2) is 8.78 Å². The molecule has 0 unspecified atom stereocenters. The van der Waals surface area contributed by atoms with Crippen molar-refractivity contribution in [1.29, 1.82) is 0 Å². The van der Waals surface area contributed by atoms with E-state index in [2.05, 4.69) is 4.98 Å². The zero-order valence-electron chi connectivity index (χ0n) is 6.89. The van der Waals surface area contributed by atoms with Gasteiger partial charge in [-0.2, -0.15) is 0 Å². The summed E-state index contributed by atoms with van der Waals surface area (Å²) in [6.07, 6.45) is -1.43. The summed E-state index contributed by atoms with van der Waals surface area (Å²) in [5.41, 5.74) is -0.0328. The largest absolute Gasteiger partial charge is 0.505 e. The molecule has 72 valence electrons. The fourth-order valence-corrected chi connectivity index (χ4v) is 1.22. The van der Waals surface area contributed by atoms with Crippen molar-refractivity contribution in [2.45, 2.75) is 19.2 Å². The summed E-state index contributed by atoms with van der Waals surface area (Å²) in [4.78, 5) is 3.72. The molecule has 0 spiro atoms. The van der Waals surface area contributed by atoms with Gasteiger partial charge in [-0.05, 0) is 12.5 Å². The highest BCUT2D eigenvalue weighted by atomic mass is 35.5. The van der Waals surface area contributed by atoms with E-state index >= 15 is 0 Å². The SMILES string of the molecule is Cc1cnc(CCl)c(O)c1C(F)F. The highest BCUT2D eigenvalue weighted by Crippen LogP contribution is 2.33. The van der Waals surface area contributed by atoms with Crippen LogP contribution in [-0.4, -0.2) is 10.1 Å². The number of halogens is 3. The summed E-state index contributed by atoms with van der Waals surface area (Å²) in [5.74, 6) is -0.573. The summed E-state index contributed by atoms with van der Waals surface area (Å²) in [6.45, 7) is 1.46. The molecule has 0 amide bonds. The Kier molecular flexibility index (Phi) is 3.03. The molecule has 0 bridgehead atoms. The van der Waals surface area contributed by atoms with Gasteiger partial charge >= 0.3 is 0 Å². The Balaban J connectivity index is 3.30. The van der Waals surface area contributed by atoms with Crippen molar-refractivity contribution < 1.29 is 13.9 Å². The number of alkyl halides is 3. The molecule has 1 heterocycles. The number of hydrogen-bond donors (Lipinski definition) is 1. The van der Waals surface area contributed by atoms with Crippen LogP contribution in [0.3, 0.4) is 0 Å². The predicted octanol–water partition coefficient (Wildman–Crippen LogP) is 2.77. The van der Waals surface area contributed by atoms with Crippen molar-refractivity contribution in [3.8, 4) is 5.75 Å². The van der Waals surface area contributed by atoms with Crippen LogP contribution >= 0.6 is 11.6 Å². The Bertz CT molecular complexity index is 317. The van der Waals surface area contributed by atoms with Crippen molar-refractivity contribution in [2.75, 3.05) is 0 Å². The second-order valence-corrected chi connectivity index (χ2v) is 2.85. The molecule has 13 heavy (non-hydrogen) atoms. The number of aryl methyl sites for hydroxylation is 1. The predicted molar refractivity (Wildman–Crippen MR) is 45.2 cm³/mol. The Morgan fingerprint density at radius 2 is 2.23 bits per heavy atom. The summed E-state index contributed by atoms with van der Waals surface area (Å²) in [6, 6.07) is 0. The van der Waals surface area contributed by atoms with Crippen LogP contribution in [0.2, 0.25) is 0 Å². The highest BCUT2D eigenvalue weighted by Gasteiger charge is 2.18. The van der Waals surface area contributed by atoms with Gasteiger partial charge in [0.25, 0.3) is 6.43 Å². The molecule has 0 fully saturated rings. The zero-order valence-corrected chi connectivity index (χ0v) is 7.65. The summed E-state index contributed by atoms with van der Waals surface area (Å²) in [5, 5.41) is 9.31. The molecule has 0 atom stereocenters. The van der Waals surface area contributed by atoms with Crippen LogP contribution in [0, 0.1) is 6.92 Å². The number of hydrogen-bond acceptors (Lipinski definition) is 2. The van der Waals surface area contributed by atoms with E-state index in [-0.39, 0.29) is 22.7 Å². The van der Waals surface area contributed by atoms with E-state index in [1.807, 2.05) is 0 Å². The van der Waals surface area contributed by atoms with E-state index in [4.69, 9.17) is 11.6 Å². The van der Waals surface area contributed by atoms with Gasteiger partial charge in [0.1, 0.15) is 5.75 Å². The summed E-state index contributed by atoms with van der Waals surface area (Å²) < 4.78 is 24.7. The topological polar surface area (TPSA) is 33.1 Å². The molecular formula is C8H8ClF2NO. The van der Waals surface area contributed by atoms with Crippen LogP contribution in [0.25, 0.3) is 0 Å².